The highest BCUT2D eigenvalue weighted by Crippen LogP contribution is 2.37. The Balaban J connectivity index is 1.75. The molecule has 0 aromatic heterocycles. The summed E-state index contributed by atoms with van der Waals surface area (Å²) < 4.78 is 78.4. The molecule has 3 aromatic carbocycles. The van der Waals surface area contributed by atoms with Crippen LogP contribution in [0.5, 0.6) is 11.5 Å². The molecule has 0 amide bonds. The Labute approximate surface area is 242 Å². The van der Waals surface area contributed by atoms with E-state index in [1.54, 1.807) is 6.07 Å². The van der Waals surface area contributed by atoms with Gasteiger partial charge in [-0.2, -0.15) is 21.6 Å². The maximum atomic E-state index is 12.9. The lowest BCUT2D eigenvalue weighted by Gasteiger charge is -2.42. The molecule has 0 aliphatic carbocycles. The summed E-state index contributed by atoms with van der Waals surface area (Å²) in [5.41, 5.74) is -4.13. The molecule has 0 aliphatic rings. The van der Waals surface area contributed by atoms with Gasteiger partial charge in [0.2, 0.25) is 0 Å². The lowest BCUT2D eigenvalue weighted by Crippen LogP contribution is -2.66. The first-order chi connectivity index (χ1) is 19.2. The van der Waals surface area contributed by atoms with E-state index in [2.05, 4.69) is 49.2 Å². The maximum absolute atomic E-state index is 12.9. The molecule has 10 heteroatoms. The van der Waals surface area contributed by atoms with Crippen LogP contribution in [-0.4, -0.2) is 36.0 Å². The zero-order valence-corrected chi connectivity index (χ0v) is 25.8. The van der Waals surface area contributed by atoms with Crippen LogP contribution < -0.4 is 19.3 Å². The quantitative estimate of drug-likeness (QED) is 0.0986. The molecule has 0 fully saturated rings. The average Bonchev–Trinajstić information content (AvgIpc) is 2.91. The molecule has 0 bridgehead atoms. The third-order valence-electron chi connectivity index (χ3n) is 6.92. The zero-order valence-electron chi connectivity index (χ0n) is 24.0. The smallest absolute Gasteiger partial charge is 0.497 e. The van der Waals surface area contributed by atoms with Crippen LogP contribution in [0.4, 0.5) is 13.2 Å². The van der Waals surface area contributed by atoms with Crippen LogP contribution in [0, 0.1) is 0 Å². The molecule has 0 heterocycles. The fourth-order valence-electron chi connectivity index (χ4n) is 4.84. The van der Waals surface area contributed by atoms with Gasteiger partial charge in [-0.1, -0.05) is 99.2 Å². The molecular weight excluding hydrogens is 569 g/mol. The van der Waals surface area contributed by atoms with E-state index in [9.17, 15) is 21.6 Å². The Bertz CT molecular complexity index is 1380. The summed E-state index contributed by atoms with van der Waals surface area (Å²) in [5, 5.41) is 2.22. The van der Waals surface area contributed by atoms with E-state index in [0.29, 0.717) is 31.4 Å². The number of aryl methyl sites for hydroxylation is 1. The molecule has 5 nitrogen and oxygen atoms in total. The van der Waals surface area contributed by atoms with E-state index in [0.717, 1.165) is 11.6 Å². The van der Waals surface area contributed by atoms with Gasteiger partial charge >= 0.3 is 15.6 Å². The van der Waals surface area contributed by atoms with E-state index in [1.807, 2.05) is 49.4 Å². The zero-order chi connectivity index (χ0) is 30.3. The van der Waals surface area contributed by atoms with Crippen molar-refractivity contribution in [1.29, 1.82) is 0 Å². The maximum Gasteiger partial charge on any atom is 0.534 e. The SMILES string of the molecule is COc1ccc(CCC/C(C)=C\CO[Si](c2ccccc2)(c2ccccc2)C(C)(C)C)c(OS(=O)(=O)C(F)(F)F)c1. The molecule has 41 heavy (non-hydrogen) atoms. The summed E-state index contributed by atoms with van der Waals surface area (Å²) in [6, 6.07) is 24.9. The second kappa shape index (κ2) is 13.3. The normalized spacial score (nSPS) is 13.2. The van der Waals surface area contributed by atoms with E-state index in [1.165, 1.54) is 23.5 Å². The third kappa shape index (κ3) is 7.81. The Morgan fingerprint density at radius 2 is 1.46 bits per heavy atom. The van der Waals surface area contributed by atoms with Crippen molar-refractivity contribution in [2.24, 2.45) is 0 Å². The second-order valence-electron chi connectivity index (χ2n) is 10.8. The van der Waals surface area contributed by atoms with E-state index in [4.69, 9.17) is 9.16 Å². The number of benzene rings is 3. The number of halogens is 3. The molecule has 222 valence electrons. The summed E-state index contributed by atoms with van der Waals surface area (Å²) in [6.45, 7) is 9.02. The van der Waals surface area contributed by atoms with Crippen LogP contribution in [0.1, 0.15) is 46.1 Å². The highest BCUT2D eigenvalue weighted by Gasteiger charge is 2.50. The van der Waals surface area contributed by atoms with Crippen LogP contribution in [0.25, 0.3) is 0 Å². The molecular formula is C31H37F3O5SSi. The van der Waals surface area contributed by atoms with Crippen molar-refractivity contribution in [1.82, 2.24) is 0 Å². The summed E-state index contributed by atoms with van der Waals surface area (Å²) in [6.07, 6.45) is 3.56. The van der Waals surface area contributed by atoms with Crippen LogP contribution in [-0.2, 0) is 21.0 Å². The highest BCUT2D eigenvalue weighted by atomic mass is 32.2. The van der Waals surface area contributed by atoms with Gasteiger partial charge in [0.05, 0.1) is 13.7 Å². The molecule has 0 radical (unpaired) electrons. The van der Waals surface area contributed by atoms with Gasteiger partial charge in [-0.15, -0.1) is 0 Å². The van der Waals surface area contributed by atoms with Crippen LogP contribution in [0.15, 0.2) is 90.5 Å². The number of alkyl halides is 3. The number of methoxy groups -OCH3 is 1. The Morgan fingerprint density at radius 1 is 0.902 bits per heavy atom. The van der Waals surface area contributed by atoms with Crippen LogP contribution >= 0.6 is 0 Å². The summed E-state index contributed by atoms with van der Waals surface area (Å²) in [4.78, 5) is 0. The van der Waals surface area contributed by atoms with E-state index in [-0.39, 0.29) is 10.8 Å². The lowest BCUT2D eigenvalue weighted by atomic mass is 10.0. The van der Waals surface area contributed by atoms with Crippen LogP contribution in [0.2, 0.25) is 5.04 Å². The molecule has 0 unspecified atom stereocenters. The molecule has 0 N–H and O–H groups in total. The molecule has 0 saturated heterocycles. The van der Waals surface area contributed by atoms with E-state index < -0.39 is 29.7 Å². The number of hydrogen-bond donors (Lipinski definition) is 0. The van der Waals surface area contributed by atoms with Gasteiger partial charge < -0.3 is 13.3 Å². The third-order valence-corrected chi connectivity index (χ3v) is 12.9. The molecule has 0 atom stereocenters. The summed E-state index contributed by atoms with van der Waals surface area (Å²) in [7, 11) is -7.15. The van der Waals surface area contributed by atoms with Gasteiger partial charge in [-0.05, 0) is 53.2 Å². The first-order valence-electron chi connectivity index (χ1n) is 13.3. The largest absolute Gasteiger partial charge is 0.534 e. The Hall–Kier alpha value is -3.08. The van der Waals surface area contributed by atoms with Gasteiger partial charge in [0.15, 0.2) is 0 Å². The monoisotopic (exact) mass is 606 g/mol. The van der Waals surface area contributed by atoms with Crippen molar-refractivity contribution >= 4 is 28.8 Å². The number of hydrogen-bond acceptors (Lipinski definition) is 5. The molecule has 3 rings (SSSR count). The summed E-state index contributed by atoms with van der Waals surface area (Å²) in [5.74, 6) is -0.198. The topological polar surface area (TPSA) is 61.8 Å². The Kier molecular flexibility index (Phi) is 10.5. The molecule has 0 aliphatic heterocycles. The molecule has 0 spiro atoms. The highest BCUT2D eigenvalue weighted by molar-refractivity contribution is 7.88. The van der Waals surface area contributed by atoms with Gasteiger partial charge in [0.1, 0.15) is 11.5 Å². The molecule has 0 saturated carbocycles. The van der Waals surface area contributed by atoms with Crippen molar-refractivity contribution in [2.75, 3.05) is 13.7 Å². The first kappa shape index (κ1) is 32.4. The Morgan fingerprint density at radius 3 is 1.95 bits per heavy atom. The number of rotatable bonds is 12. The minimum Gasteiger partial charge on any atom is -0.497 e. The van der Waals surface area contributed by atoms with Crippen molar-refractivity contribution in [2.45, 2.75) is 57.5 Å². The average molecular weight is 607 g/mol. The van der Waals surface area contributed by atoms with Crippen molar-refractivity contribution in [3.8, 4) is 11.5 Å². The number of ether oxygens (including phenoxy) is 1. The minimum absolute atomic E-state index is 0.154. The number of allylic oxidation sites excluding steroid dienone is 1. The fourth-order valence-corrected chi connectivity index (χ4v) is 9.82. The standard InChI is InChI=1S/C31H37F3O5SSi/c1-24(13-12-14-25-19-20-26(37-5)23-29(25)39-40(35,36)31(32,33)34)21-22-38-41(30(2,3)4,27-15-8-6-9-16-27)28-17-10-7-11-18-28/h6-11,15-21,23H,12-14,22H2,1-5H3/b24-21-. The van der Waals surface area contributed by atoms with Crippen molar-refractivity contribution in [3.63, 3.8) is 0 Å². The molecule has 3 aromatic rings. The van der Waals surface area contributed by atoms with Gasteiger partial charge in [0.25, 0.3) is 8.32 Å². The van der Waals surface area contributed by atoms with Gasteiger partial charge in [-0.25, -0.2) is 0 Å². The van der Waals surface area contributed by atoms with Gasteiger partial charge in [-0.3, -0.25) is 0 Å². The van der Waals surface area contributed by atoms with E-state index >= 15 is 0 Å². The minimum atomic E-state index is -5.80. The lowest BCUT2D eigenvalue weighted by molar-refractivity contribution is -0.0500. The first-order valence-corrected chi connectivity index (χ1v) is 16.6. The predicted octanol–water partition coefficient (Wildman–Crippen LogP) is 6.77. The van der Waals surface area contributed by atoms with Crippen molar-refractivity contribution < 1.29 is 34.9 Å². The second-order valence-corrected chi connectivity index (χ2v) is 16.7. The predicted molar refractivity (Wildman–Crippen MR) is 159 cm³/mol. The van der Waals surface area contributed by atoms with Crippen LogP contribution in [0.3, 0.4) is 0 Å². The van der Waals surface area contributed by atoms with Gasteiger partial charge in [0, 0.05) is 6.07 Å². The summed E-state index contributed by atoms with van der Waals surface area (Å²) >= 11 is 0. The fraction of sp³-hybridized carbons (Fsp3) is 0.355. The van der Waals surface area contributed by atoms with Crippen molar-refractivity contribution in [3.05, 3.63) is 96.1 Å².